The molecule has 100 valence electrons. The van der Waals surface area contributed by atoms with Gasteiger partial charge in [0.1, 0.15) is 0 Å². The number of benzene rings is 1. The van der Waals surface area contributed by atoms with E-state index in [1.165, 1.54) is 0 Å². The number of para-hydroxylation sites is 1. The molecule has 2 aliphatic rings. The summed E-state index contributed by atoms with van der Waals surface area (Å²) in [4.78, 5) is 28.1. The minimum atomic E-state index is -1.96. The molecular weight excluding hydrogens is 254 g/mol. The average Bonchev–Trinajstić information content (AvgIpc) is 2.74. The summed E-state index contributed by atoms with van der Waals surface area (Å²) in [6.07, 6.45) is -4.37. The van der Waals surface area contributed by atoms with E-state index >= 15 is 0 Å². The molecule has 1 fully saturated rings. The summed E-state index contributed by atoms with van der Waals surface area (Å²) in [5, 5.41) is 20.0. The average molecular weight is 265 g/mol. The minimum absolute atomic E-state index is 0.345. The van der Waals surface area contributed by atoms with Crippen molar-refractivity contribution in [3.63, 3.8) is 0 Å². The number of ether oxygens (including phenoxy) is 1. The molecule has 0 amide bonds. The van der Waals surface area contributed by atoms with Crippen molar-refractivity contribution in [3.05, 3.63) is 29.8 Å². The lowest BCUT2D eigenvalue weighted by Gasteiger charge is -2.30. The molecule has 3 rings (SSSR count). The van der Waals surface area contributed by atoms with Crippen molar-refractivity contribution in [2.45, 2.75) is 24.9 Å². The van der Waals surface area contributed by atoms with Gasteiger partial charge in [-0.25, -0.2) is 9.59 Å². The molecule has 0 radical (unpaired) electrons. The molecule has 19 heavy (non-hydrogen) atoms. The van der Waals surface area contributed by atoms with Gasteiger partial charge in [-0.3, -0.25) is 0 Å². The van der Waals surface area contributed by atoms with Crippen LogP contribution in [0, 0.1) is 0 Å². The van der Waals surface area contributed by atoms with E-state index in [2.05, 4.69) is 0 Å². The molecule has 1 aromatic rings. The van der Waals surface area contributed by atoms with Gasteiger partial charge >= 0.3 is 11.9 Å². The molecule has 1 aromatic carbocycles. The van der Waals surface area contributed by atoms with E-state index in [4.69, 9.17) is 9.57 Å². The van der Waals surface area contributed by atoms with Gasteiger partial charge in [0.25, 0.3) is 0 Å². The summed E-state index contributed by atoms with van der Waals surface area (Å²) < 4.78 is 5.03. The van der Waals surface area contributed by atoms with Gasteiger partial charge in [-0.05, 0) is 11.6 Å². The van der Waals surface area contributed by atoms with Crippen LogP contribution in [-0.2, 0) is 25.6 Å². The Labute approximate surface area is 107 Å². The van der Waals surface area contributed by atoms with Crippen molar-refractivity contribution in [2.75, 3.05) is 5.06 Å². The fourth-order valence-electron chi connectivity index (χ4n) is 2.13. The normalized spacial score (nSPS) is 29.8. The molecule has 7 heteroatoms. The molecule has 0 aromatic heterocycles. The Morgan fingerprint density at radius 3 is 2.58 bits per heavy atom. The van der Waals surface area contributed by atoms with Crippen molar-refractivity contribution in [2.24, 2.45) is 0 Å². The number of hydroxylamine groups is 1. The van der Waals surface area contributed by atoms with Crippen LogP contribution in [0.25, 0.3) is 0 Å². The summed E-state index contributed by atoms with van der Waals surface area (Å²) in [7, 11) is 0. The van der Waals surface area contributed by atoms with Crippen LogP contribution in [0.5, 0.6) is 0 Å². The van der Waals surface area contributed by atoms with Crippen molar-refractivity contribution in [1.82, 2.24) is 0 Å². The molecule has 7 nitrogen and oxygen atoms in total. The second kappa shape index (κ2) is 4.22. The number of nitrogens with zero attached hydrogens (tertiary/aromatic N) is 1. The van der Waals surface area contributed by atoms with Crippen LogP contribution in [0.15, 0.2) is 24.3 Å². The first-order valence-corrected chi connectivity index (χ1v) is 5.73. The van der Waals surface area contributed by atoms with Gasteiger partial charge in [0.05, 0.1) is 5.69 Å². The third kappa shape index (κ3) is 1.83. The van der Waals surface area contributed by atoms with Crippen LogP contribution in [0.3, 0.4) is 0 Å². The molecule has 0 spiro atoms. The lowest BCUT2D eigenvalue weighted by molar-refractivity contribution is -0.190. The predicted molar refractivity (Wildman–Crippen MR) is 60.6 cm³/mol. The maximum Gasteiger partial charge on any atom is 0.364 e. The van der Waals surface area contributed by atoms with E-state index in [1.807, 2.05) is 12.1 Å². The second-order valence-corrected chi connectivity index (χ2v) is 4.35. The molecule has 1 saturated heterocycles. The number of rotatable bonds is 0. The van der Waals surface area contributed by atoms with Gasteiger partial charge in [0, 0.05) is 6.42 Å². The number of fused-ring (bicyclic) bond motifs is 3. The first kappa shape index (κ1) is 11.9. The van der Waals surface area contributed by atoms with Gasteiger partial charge in [-0.15, -0.1) is 0 Å². The largest absolute Gasteiger partial charge is 0.436 e. The molecule has 0 bridgehead atoms. The Morgan fingerprint density at radius 2 is 1.79 bits per heavy atom. The van der Waals surface area contributed by atoms with Crippen molar-refractivity contribution >= 4 is 17.6 Å². The minimum Gasteiger partial charge on any atom is -0.436 e. The highest BCUT2D eigenvalue weighted by atomic mass is 16.8. The Bertz CT molecular complexity index is 545. The number of hydrogen-bond donors (Lipinski definition) is 2. The molecule has 0 aliphatic carbocycles. The SMILES string of the molecule is O=C1OC2Cc3ccccc3N2OC(=O)C(O)C1O. The van der Waals surface area contributed by atoms with E-state index in [9.17, 15) is 19.8 Å². The highest BCUT2D eigenvalue weighted by Gasteiger charge is 2.43. The molecule has 2 N–H and O–H groups in total. The lowest BCUT2D eigenvalue weighted by Crippen LogP contribution is -2.51. The standard InChI is InChI=1S/C12H11NO6/c14-9-10(15)12(17)19-13-7-4-2-1-3-6(7)5-8(13)18-11(9)16/h1-4,8-10,14-15H,5H2. The summed E-state index contributed by atoms with van der Waals surface area (Å²) in [5.41, 5.74) is 1.44. The highest BCUT2D eigenvalue weighted by Crippen LogP contribution is 2.34. The van der Waals surface area contributed by atoms with Gasteiger partial charge in [-0.2, -0.15) is 5.06 Å². The molecule has 3 atom stereocenters. The van der Waals surface area contributed by atoms with Gasteiger partial charge in [0.2, 0.25) is 6.23 Å². The Hall–Kier alpha value is -2.12. The number of anilines is 1. The van der Waals surface area contributed by atoms with Gasteiger partial charge in [0.15, 0.2) is 12.2 Å². The molecule has 0 saturated carbocycles. The van der Waals surface area contributed by atoms with E-state index < -0.39 is 30.4 Å². The molecule has 2 heterocycles. The molecular formula is C12H11NO6. The maximum atomic E-state index is 11.6. The fourth-order valence-corrected chi connectivity index (χ4v) is 2.13. The number of carbonyl (C=O) groups excluding carboxylic acids is 2. The summed E-state index contributed by atoms with van der Waals surface area (Å²) >= 11 is 0. The Kier molecular flexibility index (Phi) is 2.65. The smallest absolute Gasteiger partial charge is 0.364 e. The van der Waals surface area contributed by atoms with E-state index in [0.717, 1.165) is 10.6 Å². The highest BCUT2D eigenvalue weighted by molar-refractivity contribution is 5.87. The monoisotopic (exact) mass is 265 g/mol. The van der Waals surface area contributed by atoms with Crippen molar-refractivity contribution in [3.8, 4) is 0 Å². The number of aliphatic hydroxyl groups excluding tert-OH is 2. The van der Waals surface area contributed by atoms with Gasteiger partial charge in [-0.1, -0.05) is 18.2 Å². The maximum absolute atomic E-state index is 11.6. The van der Waals surface area contributed by atoms with Crippen LogP contribution in [-0.4, -0.2) is 40.6 Å². The number of esters is 1. The Balaban J connectivity index is 1.97. The number of aliphatic hydroxyl groups is 2. The van der Waals surface area contributed by atoms with Crippen molar-refractivity contribution < 1.29 is 29.4 Å². The summed E-state index contributed by atoms with van der Waals surface area (Å²) in [5.74, 6) is -2.14. The number of hydrogen-bond acceptors (Lipinski definition) is 7. The first-order chi connectivity index (χ1) is 9.08. The Morgan fingerprint density at radius 1 is 1.11 bits per heavy atom. The summed E-state index contributed by atoms with van der Waals surface area (Å²) in [6.45, 7) is 0. The topological polar surface area (TPSA) is 96.3 Å². The third-order valence-corrected chi connectivity index (χ3v) is 3.11. The first-order valence-electron chi connectivity index (χ1n) is 5.73. The second-order valence-electron chi connectivity index (χ2n) is 4.35. The molecule has 2 aliphatic heterocycles. The van der Waals surface area contributed by atoms with E-state index in [0.29, 0.717) is 12.1 Å². The fraction of sp³-hybridized carbons (Fsp3) is 0.333. The van der Waals surface area contributed by atoms with Crippen LogP contribution < -0.4 is 5.06 Å². The summed E-state index contributed by atoms with van der Waals surface area (Å²) in [6, 6.07) is 7.09. The van der Waals surface area contributed by atoms with Crippen molar-refractivity contribution in [1.29, 1.82) is 0 Å². The van der Waals surface area contributed by atoms with Crippen LogP contribution in [0.1, 0.15) is 5.56 Å². The zero-order chi connectivity index (χ0) is 13.6. The van der Waals surface area contributed by atoms with E-state index in [1.54, 1.807) is 12.1 Å². The van der Waals surface area contributed by atoms with E-state index in [-0.39, 0.29) is 0 Å². The predicted octanol–water partition coefficient (Wildman–Crippen LogP) is -0.888. The quantitative estimate of drug-likeness (QED) is 0.587. The van der Waals surface area contributed by atoms with Crippen LogP contribution in [0.4, 0.5) is 5.69 Å². The zero-order valence-electron chi connectivity index (χ0n) is 9.72. The van der Waals surface area contributed by atoms with Gasteiger partial charge < -0.3 is 19.8 Å². The number of carbonyl (C=O) groups is 2. The third-order valence-electron chi connectivity index (χ3n) is 3.11. The van der Waals surface area contributed by atoms with Crippen LogP contribution >= 0.6 is 0 Å². The molecule has 3 unspecified atom stereocenters. The lowest BCUT2D eigenvalue weighted by atomic mass is 10.2. The van der Waals surface area contributed by atoms with Crippen LogP contribution in [0.2, 0.25) is 0 Å². The zero-order valence-corrected chi connectivity index (χ0v) is 9.72.